The number of piperidine rings is 2. The van der Waals surface area contributed by atoms with Crippen LogP contribution in [0, 0.1) is 29.4 Å². The number of carbonyl (C=O) groups is 4. The molecule has 6 fully saturated rings. The molecule has 5 saturated heterocycles. The van der Waals surface area contributed by atoms with Gasteiger partial charge in [0.2, 0.25) is 11.8 Å². The average molecular weight is 977 g/mol. The predicted octanol–water partition coefficient (Wildman–Crippen LogP) is 9.27. The van der Waals surface area contributed by atoms with Crippen molar-refractivity contribution in [3.05, 3.63) is 82.9 Å². The van der Waals surface area contributed by atoms with Crippen LogP contribution in [0.3, 0.4) is 0 Å². The summed E-state index contributed by atoms with van der Waals surface area (Å²) in [6.45, 7) is 9.26. The van der Waals surface area contributed by atoms with Gasteiger partial charge < -0.3 is 49.7 Å². The van der Waals surface area contributed by atoms with Gasteiger partial charge in [0.25, 0.3) is 0 Å². The Balaban J connectivity index is 0.974. The van der Waals surface area contributed by atoms with Crippen molar-refractivity contribution in [3.8, 4) is 0 Å². The number of alkyl carbamates (subject to hydrolysis) is 2. The molecule has 4 amide bonds. The molecule has 6 atom stereocenters. The third-order valence-corrected chi connectivity index (χ3v) is 16.0. The number of benzene rings is 3. The molecule has 2 bridgehead atoms. The fourth-order valence-electron chi connectivity index (χ4n) is 12.3. The van der Waals surface area contributed by atoms with Crippen molar-refractivity contribution in [3.63, 3.8) is 0 Å². The molecule has 5 aliphatic heterocycles. The van der Waals surface area contributed by atoms with Crippen LogP contribution in [0.4, 0.5) is 29.7 Å². The van der Waals surface area contributed by atoms with Crippen molar-refractivity contribution in [1.29, 1.82) is 0 Å². The maximum atomic E-state index is 16.7. The van der Waals surface area contributed by atoms with Crippen molar-refractivity contribution in [2.75, 3.05) is 43.7 Å². The lowest BCUT2D eigenvalue weighted by Gasteiger charge is -2.47. The Labute approximate surface area is 412 Å². The molecule has 16 nitrogen and oxygen atoms in total. The number of ether oxygens (including phenoxy) is 2. The number of nitrogens with zero attached hydrogens (tertiary/aromatic N) is 6. The van der Waals surface area contributed by atoms with Crippen LogP contribution in [0.25, 0.3) is 22.1 Å². The van der Waals surface area contributed by atoms with Gasteiger partial charge in [0, 0.05) is 31.4 Å². The Bertz CT molecular complexity index is 2650. The Hall–Kier alpha value is -6.46. The molecule has 2 aromatic heterocycles. The van der Waals surface area contributed by atoms with E-state index in [2.05, 4.69) is 25.5 Å². The maximum absolute atomic E-state index is 16.7. The van der Waals surface area contributed by atoms with Crippen LogP contribution in [-0.2, 0) is 19.1 Å². The molecule has 1 saturated carbocycles. The number of carbonyl (C=O) groups excluding carboxylic acids is 4. The largest absolute Gasteiger partial charge is 0.453 e. The van der Waals surface area contributed by atoms with Gasteiger partial charge in [-0.2, -0.15) is 0 Å². The fourth-order valence-corrected chi connectivity index (χ4v) is 12.3. The molecule has 5 aromatic rings. The Morgan fingerprint density at radius 1 is 0.634 bits per heavy atom. The lowest BCUT2D eigenvalue weighted by atomic mass is 9.79. The van der Waals surface area contributed by atoms with Crippen LogP contribution >= 0.6 is 0 Å². The van der Waals surface area contributed by atoms with E-state index in [1.165, 1.54) is 26.4 Å². The average Bonchev–Trinajstić information content (AvgIpc) is 4.23. The summed E-state index contributed by atoms with van der Waals surface area (Å²) in [7, 11) is 2.55. The first-order valence-corrected chi connectivity index (χ1v) is 25.5. The number of hydrogen-bond acceptors (Lipinski definition) is 10. The number of H-pyrrole nitrogens is 2. The van der Waals surface area contributed by atoms with Crippen LogP contribution in [0.1, 0.15) is 139 Å². The van der Waals surface area contributed by atoms with E-state index in [0.29, 0.717) is 79.6 Å². The van der Waals surface area contributed by atoms with Crippen molar-refractivity contribution in [2.24, 2.45) is 17.8 Å². The molecule has 0 unspecified atom stereocenters. The number of imidazole rings is 2. The molecule has 6 aliphatic rings. The second-order valence-corrected chi connectivity index (χ2v) is 21.0. The van der Waals surface area contributed by atoms with E-state index in [0.717, 1.165) is 60.7 Å². The number of fused-ring (bicyclic) bond motifs is 5. The van der Waals surface area contributed by atoms with Gasteiger partial charge in [-0.15, -0.1) is 0 Å². The van der Waals surface area contributed by atoms with Crippen molar-refractivity contribution in [1.82, 2.24) is 40.4 Å². The lowest BCUT2D eigenvalue weighted by Crippen LogP contribution is -2.51. The summed E-state index contributed by atoms with van der Waals surface area (Å²) in [6, 6.07) is 12.6. The van der Waals surface area contributed by atoms with E-state index in [9.17, 15) is 19.2 Å². The van der Waals surface area contributed by atoms with E-state index in [-0.39, 0.29) is 59.5 Å². The van der Waals surface area contributed by atoms with Crippen LogP contribution in [0.5, 0.6) is 0 Å². The molecule has 3 aromatic carbocycles. The monoisotopic (exact) mass is 977 g/mol. The maximum Gasteiger partial charge on any atom is 0.407 e. The Kier molecular flexibility index (Phi) is 13.3. The third-order valence-electron chi connectivity index (χ3n) is 16.0. The number of likely N-dealkylation sites (tertiary alicyclic amines) is 2. The van der Waals surface area contributed by atoms with Gasteiger partial charge in [-0.25, -0.2) is 28.3 Å². The number of methoxy groups -OCH3 is 2. The zero-order chi connectivity index (χ0) is 49.8. The fraction of sp³-hybridized carbons (Fsp3) is 0.547. The smallest absolute Gasteiger partial charge is 0.407 e. The van der Waals surface area contributed by atoms with Gasteiger partial charge in [0.15, 0.2) is 11.6 Å². The molecule has 18 heteroatoms. The summed E-state index contributed by atoms with van der Waals surface area (Å²) in [5.41, 5.74) is 5.42. The SMILES string of the molecule is COC(=O)N[C@H](C(=O)N1CCC[C@H]1c1nc2cc([C@H]3CC[C@H](c4ccc5[nH]c([C@@H]6CCCN6C(=O)[C@@H](NC(=O)OC)C(C)C)nc5c4)N3c3cc(F)c(N4CC5CCC4CC5)c(F)c3)ccc2[nH]1)C(C)C. The van der Waals surface area contributed by atoms with Crippen molar-refractivity contribution < 1.29 is 37.4 Å². The third kappa shape index (κ3) is 9.11. The lowest BCUT2D eigenvalue weighted by molar-refractivity contribution is -0.136. The van der Waals surface area contributed by atoms with E-state index < -0.39 is 35.9 Å². The Morgan fingerprint density at radius 3 is 1.51 bits per heavy atom. The van der Waals surface area contributed by atoms with Gasteiger partial charge in [-0.05, 0) is 129 Å². The minimum absolute atomic E-state index is 0.0619. The summed E-state index contributed by atoms with van der Waals surface area (Å²) in [5.74, 6) is -0.0889. The molecule has 11 rings (SSSR count). The number of nitrogens with one attached hydrogen (secondary N) is 4. The molecule has 1 aliphatic carbocycles. The van der Waals surface area contributed by atoms with Gasteiger partial charge >= 0.3 is 12.2 Å². The van der Waals surface area contributed by atoms with Crippen molar-refractivity contribution >= 4 is 57.4 Å². The topological polar surface area (TPSA) is 181 Å². The number of hydrogen-bond donors (Lipinski definition) is 4. The molecule has 4 N–H and O–H groups in total. The van der Waals surface area contributed by atoms with Crippen LogP contribution < -0.4 is 20.4 Å². The van der Waals surface area contributed by atoms with Gasteiger partial charge in [0.05, 0.1) is 60.5 Å². The predicted molar refractivity (Wildman–Crippen MR) is 265 cm³/mol. The second kappa shape index (κ2) is 19.6. The first-order chi connectivity index (χ1) is 34.2. The molecule has 71 heavy (non-hydrogen) atoms. The first kappa shape index (κ1) is 48.2. The van der Waals surface area contributed by atoms with Crippen molar-refractivity contribution in [2.45, 2.75) is 134 Å². The Morgan fingerprint density at radius 2 is 1.10 bits per heavy atom. The van der Waals surface area contributed by atoms with Gasteiger partial charge in [-0.1, -0.05) is 39.8 Å². The summed E-state index contributed by atoms with van der Waals surface area (Å²) < 4.78 is 43.1. The standard InChI is InChI=1S/C53H66F2N10O6/c1-28(2)45(60-52(68)70-5)50(66)62-21-7-9-43(62)48-56-37-17-13-31(23-39(37)58-48)41-19-20-42(65(41)34-25-35(54)47(36(55)26-34)64-27-30-11-15-33(64)16-12-30)32-14-18-38-40(24-32)59-49(57-38)44-10-8-22-63(44)51(67)46(29(3)4)61-53(69)71-6/h13-14,17-18,23-26,28-30,33,41-46H,7-12,15-16,19-22,27H2,1-6H3,(H,56,58)(H,57,59)(H,60,68)(H,61,69)/t30?,33?,41-,42-,43+,44+,45+,46+/m1/s1. The molecule has 7 heterocycles. The number of amides is 4. The van der Waals surface area contributed by atoms with Crippen LogP contribution in [0.2, 0.25) is 0 Å². The first-order valence-electron chi connectivity index (χ1n) is 25.5. The number of anilines is 2. The summed E-state index contributed by atoms with van der Waals surface area (Å²) in [4.78, 5) is 77.1. The minimum atomic E-state index is -0.760. The number of aromatic nitrogens is 4. The summed E-state index contributed by atoms with van der Waals surface area (Å²) in [6.07, 6.45) is 7.09. The molecular formula is C53H66F2N10O6. The van der Waals surface area contributed by atoms with Crippen LogP contribution in [-0.4, -0.2) is 106 Å². The number of halogens is 2. The highest BCUT2D eigenvalue weighted by molar-refractivity contribution is 5.88. The molecule has 0 radical (unpaired) electrons. The minimum Gasteiger partial charge on any atom is -0.453 e. The highest BCUT2D eigenvalue weighted by Crippen LogP contribution is 2.50. The van der Waals surface area contributed by atoms with Crippen LogP contribution in [0.15, 0.2) is 48.5 Å². The zero-order valence-corrected chi connectivity index (χ0v) is 41.5. The highest BCUT2D eigenvalue weighted by atomic mass is 19.1. The second-order valence-electron chi connectivity index (χ2n) is 21.0. The van der Waals surface area contributed by atoms with E-state index in [1.807, 2.05) is 69.0 Å². The van der Waals surface area contributed by atoms with E-state index in [1.54, 1.807) is 9.80 Å². The summed E-state index contributed by atoms with van der Waals surface area (Å²) >= 11 is 0. The molecule has 378 valence electrons. The summed E-state index contributed by atoms with van der Waals surface area (Å²) in [5, 5.41) is 5.43. The van der Waals surface area contributed by atoms with E-state index >= 15 is 8.78 Å². The normalized spacial score (nSPS) is 24.1. The van der Waals surface area contributed by atoms with Gasteiger partial charge in [0.1, 0.15) is 29.4 Å². The van der Waals surface area contributed by atoms with Gasteiger partial charge in [-0.3, -0.25) is 9.59 Å². The zero-order valence-electron chi connectivity index (χ0n) is 41.5. The highest BCUT2D eigenvalue weighted by Gasteiger charge is 2.42. The number of rotatable bonds is 12. The molecular weight excluding hydrogens is 911 g/mol. The molecule has 0 spiro atoms. The number of aromatic amines is 2. The van der Waals surface area contributed by atoms with E-state index in [4.69, 9.17) is 19.4 Å². The quantitative estimate of drug-likeness (QED) is 0.0941.